The molecule has 2 fully saturated rings. The first kappa shape index (κ1) is 21.1. The predicted octanol–water partition coefficient (Wildman–Crippen LogP) is 8.63. The Hall–Kier alpha value is -2.74. The lowest BCUT2D eigenvalue weighted by atomic mass is 9.88. The van der Waals surface area contributed by atoms with E-state index in [1.807, 2.05) is 0 Å². The highest BCUT2D eigenvalue weighted by Crippen LogP contribution is 2.38. The van der Waals surface area contributed by atoms with Crippen LogP contribution in [0.25, 0.3) is 0 Å². The third-order valence-corrected chi connectivity index (χ3v) is 7.37. The molecule has 2 heteroatoms. The maximum Gasteiger partial charge on any atom is 0.0463 e. The molecule has 0 aromatic heterocycles. The maximum atomic E-state index is 2.83. The maximum absolute atomic E-state index is 2.83. The summed E-state index contributed by atoms with van der Waals surface area (Å²) in [5.41, 5.74) is 5.04. The van der Waals surface area contributed by atoms with Gasteiger partial charge in [0.05, 0.1) is 0 Å². The van der Waals surface area contributed by atoms with Crippen LogP contribution in [-0.2, 0) is 0 Å². The molecular weight excluding hydrogens is 388 g/mol. The first-order valence-electron chi connectivity index (χ1n) is 12.7. The smallest absolute Gasteiger partial charge is 0.0463 e. The zero-order chi connectivity index (χ0) is 21.6. The van der Waals surface area contributed by atoms with Crippen LogP contribution in [0.5, 0.6) is 0 Å². The Balaban J connectivity index is 1.47. The highest BCUT2D eigenvalue weighted by Gasteiger charge is 2.29. The van der Waals surface area contributed by atoms with Crippen molar-refractivity contribution in [1.82, 2.24) is 0 Å². The van der Waals surface area contributed by atoms with Gasteiger partial charge in [-0.3, -0.25) is 0 Å². The van der Waals surface area contributed by atoms with Gasteiger partial charge in [-0.05, 0) is 74.2 Å². The summed E-state index contributed by atoms with van der Waals surface area (Å²) in [7, 11) is 0. The van der Waals surface area contributed by atoms with Crippen LogP contribution in [0.4, 0.5) is 22.7 Å². The standard InChI is InChI=1S/C30H36N2/c1-5-13-25(14-6-1)31(26-15-7-2-8-16-26)29-21-23-30(24-22-29)32(27-17-9-3-10-18-27)28-19-11-4-12-20-28/h1-2,5-8,13-16,21-24,27-28H,3-4,9-12,17-20H2. The highest BCUT2D eigenvalue weighted by molar-refractivity contribution is 5.77. The number of benzene rings is 3. The monoisotopic (exact) mass is 424 g/mol. The van der Waals surface area contributed by atoms with Crippen LogP contribution in [0.1, 0.15) is 64.2 Å². The van der Waals surface area contributed by atoms with Crippen molar-refractivity contribution in [3.8, 4) is 0 Å². The molecule has 166 valence electrons. The Morgan fingerprint density at radius 3 is 1.22 bits per heavy atom. The quantitative estimate of drug-likeness (QED) is 0.391. The largest absolute Gasteiger partial charge is 0.366 e. The van der Waals surface area contributed by atoms with Crippen molar-refractivity contribution in [1.29, 1.82) is 0 Å². The summed E-state index contributed by atoms with van der Waals surface area (Å²) in [6.45, 7) is 0. The molecule has 0 N–H and O–H groups in total. The molecule has 0 aliphatic heterocycles. The zero-order valence-electron chi connectivity index (χ0n) is 19.2. The molecule has 0 spiro atoms. The topological polar surface area (TPSA) is 6.48 Å². The van der Waals surface area contributed by atoms with Gasteiger partial charge in [0.1, 0.15) is 0 Å². The lowest BCUT2D eigenvalue weighted by molar-refractivity contribution is 0.340. The fraction of sp³-hybridized carbons (Fsp3) is 0.400. The number of hydrogen-bond donors (Lipinski definition) is 0. The van der Waals surface area contributed by atoms with Crippen molar-refractivity contribution in [3.05, 3.63) is 84.9 Å². The summed E-state index contributed by atoms with van der Waals surface area (Å²) >= 11 is 0. The van der Waals surface area contributed by atoms with Crippen molar-refractivity contribution in [3.63, 3.8) is 0 Å². The zero-order valence-corrected chi connectivity index (χ0v) is 19.2. The van der Waals surface area contributed by atoms with E-state index in [0.29, 0.717) is 0 Å². The van der Waals surface area contributed by atoms with Gasteiger partial charge < -0.3 is 9.80 Å². The minimum atomic E-state index is 0.719. The van der Waals surface area contributed by atoms with Crippen LogP contribution in [0, 0.1) is 0 Å². The van der Waals surface area contributed by atoms with E-state index >= 15 is 0 Å². The van der Waals surface area contributed by atoms with Crippen molar-refractivity contribution in [2.24, 2.45) is 0 Å². The molecule has 2 nitrogen and oxygen atoms in total. The molecule has 0 bridgehead atoms. The number of para-hydroxylation sites is 2. The minimum Gasteiger partial charge on any atom is -0.366 e. The van der Waals surface area contributed by atoms with Crippen LogP contribution in [0.15, 0.2) is 84.9 Å². The van der Waals surface area contributed by atoms with E-state index in [9.17, 15) is 0 Å². The molecule has 2 aliphatic carbocycles. The van der Waals surface area contributed by atoms with E-state index in [-0.39, 0.29) is 0 Å². The van der Waals surface area contributed by atoms with Crippen molar-refractivity contribution in [2.45, 2.75) is 76.3 Å². The Labute approximate surface area is 193 Å². The summed E-state index contributed by atoms with van der Waals surface area (Å²) in [6.07, 6.45) is 13.8. The van der Waals surface area contributed by atoms with Crippen LogP contribution in [0.3, 0.4) is 0 Å². The van der Waals surface area contributed by atoms with Gasteiger partial charge in [0.2, 0.25) is 0 Å². The molecule has 0 saturated heterocycles. The van der Waals surface area contributed by atoms with Crippen LogP contribution in [0.2, 0.25) is 0 Å². The van der Waals surface area contributed by atoms with E-state index in [0.717, 1.165) is 12.1 Å². The van der Waals surface area contributed by atoms with Gasteiger partial charge in [0.25, 0.3) is 0 Å². The summed E-state index contributed by atoms with van der Waals surface area (Å²) in [4.78, 5) is 5.19. The predicted molar refractivity (Wildman–Crippen MR) is 137 cm³/mol. The molecule has 0 heterocycles. The van der Waals surface area contributed by atoms with Gasteiger partial charge in [0, 0.05) is 34.8 Å². The lowest BCUT2D eigenvalue weighted by Crippen LogP contribution is -2.45. The van der Waals surface area contributed by atoms with Crippen LogP contribution in [-0.4, -0.2) is 12.1 Å². The van der Waals surface area contributed by atoms with E-state index in [1.54, 1.807) is 0 Å². The normalized spacial score (nSPS) is 17.8. The van der Waals surface area contributed by atoms with Crippen LogP contribution < -0.4 is 9.80 Å². The average Bonchev–Trinajstić information content (AvgIpc) is 2.88. The molecule has 2 saturated carbocycles. The Kier molecular flexibility index (Phi) is 6.77. The third-order valence-electron chi connectivity index (χ3n) is 7.37. The number of rotatable bonds is 6. The van der Waals surface area contributed by atoms with E-state index in [4.69, 9.17) is 0 Å². The minimum absolute atomic E-state index is 0.719. The second-order valence-corrected chi connectivity index (χ2v) is 9.51. The third kappa shape index (κ3) is 4.70. The molecule has 0 amide bonds. The highest BCUT2D eigenvalue weighted by atomic mass is 15.2. The van der Waals surface area contributed by atoms with Crippen LogP contribution >= 0.6 is 0 Å². The Morgan fingerprint density at radius 1 is 0.406 bits per heavy atom. The second-order valence-electron chi connectivity index (χ2n) is 9.51. The summed E-state index contributed by atoms with van der Waals surface area (Å²) in [6, 6.07) is 32.3. The summed E-state index contributed by atoms with van der Waals surface area (Å²) < 4.78 is 0. The SMILES string of the molecule is c1ccc(N(c2ccccc2)c2ccc(N(C3CCCCC3)C3CCCCC3)cc2)cc1. The lowest BCUT2D eigenvalue weighted by Gasteiger charge is -2.43. The van der Waals surface area contributed by atoms with Gasteiger partial charge >= 0.3 is 0 Å². The molecule has 3 aromatic rings. The number of anilines is 4. The number of nitrogens with zero attached hydrogens (tertiary/aromatic N) is 2. The van der Waals surface area contributed by atoms with Gasteiger partial charge in [-0.1, -0.05) is 74.9 Å². The van der Waals surface area contributed by atoms with Gasteiger partial charge in [-0.15, -0.1) is 0 Å². The molecule has 32 heavy (non-hydrogen) atoms. The first-order chi connectivity index (χ1) is 15.9. The Morgan fingerprint density at radius 2 is 0.781 bits per heavy atom. The molecule has 0 unspecified atom stereocenters. The second kappa shape index (κ2) is 10.3. The summed E-state index contributed by atoms with van der Waals surface area (Å²) in [5.74, 6) is 0. The van der Waals surface area contributed by atoms with E-state index in [2.05, 4.69) is 94.7 Å². The first-order valence-corrected chi connectivity index (χ1v) is 12.7. The van der Waals surface area contributed by atoms with Gasteiger partial charge in [-0.2, -0.15) is 0 Å². The van der Waals surface area contributed by atoms with E-state index < -0.39 is 0 Å². The van der Waals surface area contributed by atoms with Crippen molar-refractivity contribution < 1.29 is 0 Å². The molecule has 0 atom stereocenters. The molecule has 2 aliphatic rings. The number of hydrogen-bond acceptors (Lipinski definition) is 2. The molecule has 3 aromatic carbocycles. The fourth-order valence-electron chi connectivity index (χ4n) is 5.81. The fourth-order valence-corrected chi connectivity index (χ4v) is 5.81. The Bertz CT molecular complexity index is 882. The average molecular weight is 425 g/mol. The molecule has 5 rings (SSSR count). The summed E-state index contributed by atoms with van der Waals surface area (Å²) in [5, 5.41) is 0. The van der Waals surface area contributed by atoms with Crippen molar-refractivity contribution >= 4 is 22.7 Å². The molecular formula is C30H36N2. The van der Waals surface area contributed by atoms with E-state index in [1.165, 1.54) is 87.0 Å². The molecule has 0 radical (unpaired) electrons. The van der Waals surface area contributed by atoms with Gasteiger partial charge in [-0.25, -0.2) is 0 Å². The van der Waals surface area contributed by atoms with Gasteiger partial charge in [0.15, 0.2) is 0 Å². The van der Waals surface area contributed by atoms with Crippen molar-refractivity contribution in [2.75, 3.05) is 9.80 Å².